The van der Waals surface area contributed by atoms with E-state index in [1.54, 1.807) is 0 Å². The summed E-state index contributed by atoms with van der Waals surface area (Å²) in [5.74, 6) is 2.60. The van der Waals surface area contributed by atoms with E-state index in [1.807, 2.05) is 30.3 Å². The SMILES string of the molecule is C[Si](C)(C)Oc1ccccc1OC1=[C]([Ti])CC=C1.Cl.Cl. The Morgan fingerprint density at radius 3 is 2.15 bits per heavy atom. The molecule has 0 unspecified atom stereocenters. The third-order valence-corrected chi connectivity index (χ3v) is 3.91. The minimum atomic E-state index is -1.62. The molecule has 0 aliphatic heterocycles. The van der Waals surface area contributed by atoms with Gasteiger partial charge in [-0.3, -0.25) is 0 Å². The molecule has 0 bridgehead atoms. The van der Waals surface area contributed by atoms with E-state index in [-0.39, 0.29) is 24.8 Å². The zero-order valence-electron chi connectivity index (χ0n) is 11.8. The van der Waals surface area contributed by atoms with Crippen molar-refractivity contribution in [1.29, 1.82) is 0 Å². The first-order chi connectivity index (χ1) is 8.46. The van der Waals surface area contributed by atoms with E-state index < -0.39 is 8.32 Å². The molecular weight excluding hydrogens is 347 g/mol. The molecule has 6 heteroatoms. The Morgan fingerprint density at radius 2 is 1.65 bits per heavy atom. The predicted molar refractivity (Wildman–Crippen MR) is 86.3 cm³/mol. The van der Waals surface area contributed by atoms with Crippen LogP contribution in [0.4, 0.5) is 0 Å². The second kappa shape index (κ2) is 8.30. The molecule has 1 aromatic carbocycles. The molecule has 0 atom stereocenters. The van der Waals surface area contributed by atoms with Crippen molar-refractivity contribution in [3.8, 4) is 11.5 Å². The maximum atomic E-state index is 6.05. The van der Waals surface area contributed by atoms with Gasteiger partial charge >= 0.3 is 122 Å². The Morgan fingerprint density at radius 1 is 1.05 bits per heavy atom. The predicted octanol–water partition coefficient (Wildman–Crippen LogP) is 4.84. The van der Waals surface area contributed by atoms with Gasteiger partial charge in [-0.1, -0.05) is 0 Å². The van der Waals surface area contributed by atoms with Gasteiger partial charge in [0.2, 0.25) is 0 Å². The molecule has 0 fully saturated rings. The van der Waals surface area contributed by atoms with Crippen molar-refractivity contribution in [3.63, 3.8) is 0 Å². The van der Waals surface area contributed by atoms with E-state index in [9.17, 15) is 0 Å². The number of para-hydroxylation sites is 2. The molecule has 1 aliphatic carbocycles. The molecule has 0 heterocycles. The van der Waals surface area contributed by atoms with Crippen molar-refractivity contribution >= 4 is 33.1 Å². The van der Waals surface area contributed by atoms with Crippen LogP contribution >= 0.6 is 24.8 Å². The summed E-state index contributed by atoms with van der Waals surface area (Å²) in [5.41, 5.74) is 0. The fourth-order valence-corrected chi connectivity index (χ4v) is 2.87. The van der Waals surface area contributed by atoms with Gasteiger partial charge in [-0.05, 0) is 0 Å². The Hall–Kier alpha value is -0.189. The number of halogens is 2. The van der Waals surface area contributed by atoms with Crippen LogP contribution in [0.25, 0.3) is 0 Å². The summed E-state index contributed by atoms with van der Waals surface area (Å²) in [7, 11) is -1.62. The molecular formula is C14H19Cl2O2SiTi. The molecule has 2 nitrogen and oxygen atoms in total. The summed E-state index contributed by atoms with van der Waals surface area (Å²) < 4.78 is 13.3. The van der Waals surface area contributed by atoms with Gasteiger partial charge in [-0.2, -0.15) is 0 Å². The Bertz CT molecular complexity index is 510. The van der Waals surface area contributed by atoms with Crippen molar-refractivity contribution in [2.45, 2.75) is 26.1 Å². The number of ether oxygens (including phenoxy) is 1. The second-order valence-corrected chi connectivity index (χ2v) is 10.6. The number of hydrogen-bond acceptors (Lipinski definition) is 2. The standard InChI is InChI=1S/C14H17O2Si.2ClH.Ti/c1-17(2,3)16-14-11-7-6-10-13(14)15-12-8-4-5-9-12;;;/h4,6-8,10-11H,5H2,1-3H3;2*1H;. The molecule has 0 amide bonds. The molecule has 109 valence electrons. The topological polar surface area (TPSA) is 18.5 Å². The molecule has 0 aromatic heterocycles. The molecule has 0 N–H and O–H groups in total. The third-order valence-electron chi connectivity index (χ3n) is 2.37. The van der Waals surface area contributed by atoms with E-state index in [4.69, 9.17) is 9.16 Å². The average molecular weight is 366 g/mol. The zero-order valence-corrected chi connectivity index (χ0v) is 16.0. The summed E-state index contributed by atoms with van der Waals surface area (Å²) in [6, 6.07) is 7.89. The van der Waals surface area contributed by atoms with E-state index in [0.29, 0.717) is 0 Å². The van der Waals surface area contributed by atoms with Gasteiger partial charge in [0, 0.05) is 0 Å². The second-order valence-electron chi connectivity index (χ2n) is 5.21. The Labute approximate surface area is 146 Å². The van der Waals surface area contributed by atoms with Crippen LogP contribution in [0.15, 0.2) is 46.1 Å². The van der Waals surface area contributed by atoms with Gasteiger partial charge in [-0.25, -0.2) is 0 Å². The maximum Gasteiger partial charge on any atom is -0.147 e. The normalized spacial score (nSPS) is 13.5. The van der Waals surface area contributed by atoms with Gasteiger partial charge in [-0.15, -0.1) is 24.8 Å². The van der Waals surface area contributed by atoms with Gasteiger partial charge in [0.1, 0.15) is 0 Å². The van der Waals surface area contributed by atoms with Gasteiger partial charge in [0.25, 0.3) is 0 Å². The summed E-state index contributed by atoms with van der Waals surface area (Å²) in [6.45, 7) is 6.51. The van der Waals surface area contributed by atoms with E-state index in [1.165, 1.54) is 3.88 Å². The fourth-order valence-electron chi connectivity index (χ4n) is 1.65. The van der Waals surface area contributed by atoms with E-state index >= 15 is 0 Å². The first-order valence-electron chi connectivity index (χ1n) is 6.03. The van der Waals surface area contributed by atoms with Crippen LogP contribution in [0, 0.1) is 0 Å². The molecule has 20 heavy (non-hydrogen) atoms. The summed E-state index contributed by atoms with van der Waals surface area (Å²) >= 11 is 2.09. The fraction of sp³-hybridized carbons (Fsp3) is 0.286. The molecule has 2 rings (SSSR count). The average Bonchev–Trinajstić information content (AvgIpc) is 2.65. The third kappa shape index (κ3) is 5.66. The van der Waals surface area contributed by atoms with Crippen LogP contribution in [0.2, 0.25) is 19.6 Å². The first kappa shape index (κ1) is 19.8. The van der Waals surface area contributed by atoms with E-state index in [0.717, 1.165) is 23.7 Å². The molecule has 0 saturated heterocycles. The van der Waals surface area contributed by atoms with E-state index in [2.05, 4.69) is 46.2 Å². The first-order valence-corrected chi connectivity index (χ1v) is 10.2. The maximum absolute atomic E-state index is 6.05. The van der Waals surface area contributed by atoms with Crippen LogP contribution in [0.5, 0.6) is 11.5 Å². The molecule has 0 spiro atoms. The summed E-state index contributed by atoms with van der Waals surface area (Å²) in [5, 5.41) is 0. The van der Waals surface area contributed by atoms with Crippen molar-refractivity contribution in [1.82, 2.24) is 0 Å². The van der Waals surface area contributed by atoms with Gasteiger partial charge in [0.05, 0.1) is 0 Å². The minimum absolute atomic E-state index is 0. The van der Waals surface area contributed by atoms with Crippen molar-refractivity contribution in [2.24, 2.45) is 0 Å². The molecule has 0 radical (unpaired) electrons. The van der Waals surface area contributed by atoms with Crippen LogP contribution in [0.3, 0.4) is 0 Å². The monoisotopic (exact) mass is 365 g/mol. The van der Waals surface area contributed by atoms with Crippen molar-refractivity contribution in [2.75, 3.05) is 0 Å². The number of benzene rings is 1. The van der Waals surface area contributed by atoms with Crippen LogP contribution < -0.4 is 9.16 Å². The quantitative estimate of drug-likeness (QED) is 0.710. The Kier molecular flexibility index (Phi) is 8.22. The summed E-state index contributed by atoms with van der Waals surface area (Å²) in [4.78, 5) is 0. The van der Waals surface area contributed by atoms with Gasteiger partial charge < -0.3 is 0 Å². The number of rotatable bonds is 4. The summed E-state index contributed by atoms with van der Waals surface area (Å²) in [6.07, 6.45) is 5.12. The number of allylic oxidation sites excluding steroid dienone is 3. The molecule has 0 saturated carbocycles. The molecule has 1 aliphatic rings. The largest absolute Gasteiger partial charge is 0.147 e. The van der Waals surface area contributed by atoms with Crippen molar-refractivity contribution in [3.05, 3.63) is 46.1 Å². The van der Waals surface area contributed by atoms with Crippen LogP contribution in [0.1, 0.15) is 6.42 Å². The smallest absolute Gasteiger partial charge is 0.147 e. The van der Waals surface area contributed by atoms with Crippen molar-refractivity contribution < 1.29 is 29.6 Å². The molecule has 1 aromatic rings. The van der Waals surface area contributed by atoms with Crippen LogP contribution in [-0.4, -0.2) is 8.32 Å². The minimum Gasteiger partial charge on any atom is -0.147 e. The van der Waals surface area contributed by atoms with Gasteiger partial charge in [0.15, 0.2) is 0 Å². The Balaban J connectivity index is 0.00000180. The zero-order chi connectivity index (χ0) is 13.2. The number of hydrogen-bond donors (Lipinski definition) is 0. The van der Waals surface area contributed by atoms with Crippen LogP contribution in [-0.2, 0) is 20.4 Å².